The van der Waals surface area contributed by atoms with Crippen LogP contribution in [0.2, 0.25) is 0 Å². The van der Waals surface area contributed by atoms with E-state index in [2.05, 4.69) is 194 Å². The zero-order valence-electron chi connectivity index (χ0n) is 44.7. The van der Waals surface area contributed by atoms with Crippen LogP contribution in [0.4, 0.5) is 34.5 Å². The van der Waals surface area contributed by atoms with Crippen molar-refractivity contribution in [3.8, 4) is 23.0 Å². The standard InChI is InChI=1S/2C28H28O2P2.2CH3O.2BF4.2Rh/c2*1-29-25-17-9-11-19-27(25)31(23-13-5-3-6-14-23)21-22-32(24-15-7-4-8-16-24)28-20-12-10-18-26(28)30-2;2*1-2;2*2-1(3,4)5;;/h2*3-20H,21-22H2,1-2H3;2*1H3;;;;/q;;4*-1;2*+2. The van der Waals surface area contributed by atoms with E-state index in [1.54, 1.807) is 28.4 Å². The van der Waals surface area contributed by atoms with Crippen molar-refractivity contribution in [1.82, 2.24) is 0 Å². The maximum Gasteiger partial charge on any atom is 2.00 e. The third-order valence-corrected chi connectivity index (χ3v) is 21.7. The van der Waals surface area contributed by atoms with Gasteiger partial charge >= 0.3 is 53.5 Å². The first kappa shape index (κ1) is 73.4. The van der Waals surface area contributed by atoms with Crippen molar-refractivity contribution in [3.63, 3.8) is 0 Å². The molecular formula is C58H62B2F8O6P4Rh2. The first-order valence-corrected chi connectivity index (χ1v) is 30.1. The minimum absolute atomic E-state index is 0. The Morgan fingerprint density at radius 3 is 0.562 bits per heavy atom. The molecule has 4 unspecified atom stereocenters. The average molecular weight is 1360 g/mol. The molecule has 2 radical (unpaired) electrons. The van der Waals surface area contributed by atoms with Gasteiger partial charge in [0.2, 0.25) is 0 Å². The van der Waals surface area contributed by atoms with Crippen LogP contribution in [0, 0.1) is 0 Å². The molecule has 0 aromatic heterocycles. The number of hydrogen-bond acceptors (Lipinski definition) is 6. The van der Waals surface area contributed by atoms with Crippen molar-refractivity contribution in [1.29, 1.82) is 0 Å². The van der Waals surface area contributed by atoms with E-state index < -0.39 is 46.2 Å². The van der Waals surface area contributed by atoms with Crippen LogP contribution in [0.25, 0.3) is 0 Å². The molecule has 0 aliphatic rings. The monoisotopic (exact) mass is 1360 g/mol. The molecule has 0 aliphatic carbocycles. The maximum absolute atomic E-state index is 9.75. The molecule has 0 fully saturated rings. The first-order valence-electron chi connectivity index (χ1n) is 24.0. The summed E-state index contributed by atoms with van der Waals surface area (Å²) >= 11 is 0. The molecular weight excluding hydrogens is 1300 g/mol. The van der Waals surface area contributed by atoms with Gasteiger partial charge in [-0.25, -0.2) is 0 Å². The average Bonchev–Trinajstić information content (AvgIpc) is 3.47. The fraction of sp³-hybridized carbons (Fsp3) is 0.172. The van der Waals surface area contributed by atoms with E-state index in [0.717, 1.165) is 61.9 Å². The van der Waals surface area contributed by atoms with Crippen molar-refractivity contribution in [2.24, 2.45) is 0 Å². The van der Waals surface area contributed by atoms with E-state index in [-0.39, 0.29) is 39.0 Å². The Kier molecular flexibility index (Phi) is 37.2. The van der Waals surface area contributed by atoms with Gasteiger partial charge in [0.05, 0.1) is 28.4 Å². The molecule has 0 amide bonds. The molecule has 0 heterocycles. The Bertz CT molecular complexity index is 2480. The van der Waals surface area contributed by atoms with Crippen molar-refractivity contribution >= 4 is 88.6 Å². The molecule has 0 aliphatic heterocycles. The number of para-hydroxylation sites is 4. The Morgan fingerprint density at radius 1 is 0.275 bits per heavy atom. The number of halogens is 8. The van der Waals surface area contributed by atoms with Gasteiger partial charge in [-0.2, -0.15) is 14.2 Å². The number of rotatable bonds is 18. The Hall–Kier alpha value is -4.58. The fourth-order valence-electron chi connectivity index (χ4n) is 7.80. The SMILES string of the molecule is COc1ccccc1P(CCP(c1ccccc1)c1ccccc1OC)c1ccccc1.COc1ccccc1P(CCP(c1ccccc1)c1ccccc1OC)c1ccccc1.C[O-].C[O-].F[B-](F)(F)F.F[B-](F)(F)F.[Rh+2].[Rh+2]. The Morgan fingerprint density at radius 2 is 0.412 bits per heavy atom. The summed E-state index contributed by atoms with van der Waals surface area (Å²) in [4.78, 5) is 0. The van der Waals surface area contributed by atoms with E-state index in [0.29, 0.717) is 0 Å². The summed E-state index contributed by atoms with van der Waals surface area (Å²) < 4.78 is 101. The summed E-state index contributed by atoms with van der Waals surface area (Å²) in [6.07, 6.45) is 4.33. The summed E-state index contributed by atoms with van der Waals surface area (Å²) in [6.45, 7) is 0. The number of methoxy groups -OCH3 is 4. The van der Waals surface area contributed by atoms with Gasteiger partial charge in [0.1, 0.15) is 23.0 Å². The molecule has 80 heavy (non-hydrogen) atoms. The smallest absolute Gasteiger partial charge is 0.857 e. The van der Waals surface area contributed by atoms with E-state index >= 15 is 0 Å². The van der Waals surface area contributed by atoms with Crippen LogP contribution in [0.1, 0.15) is 0 Å². The van der Waals surface area contributed by atoms with Gasteiger partial charge in [-0.05, 0) is 102 Å². The third kappa shape index (κ3) is 26.1. The maximum atomic E-state index is 9.75. The second kappa shape index (κ2) is 40.6. The van der Waals surface area contributed by atoms with Crippen LogP contribution < -0.4 is 71.6 Å². The molecule has 0 saturated heterocycles. The summed E-state index contributed by atoms with van der Waals surface area (Å²) in [5.74, 6) is 3.90. The summed E-state index contributed by atoms with van der Waals surface area (Å²) in [7, 11) is -5.65. The van der Waals surface area contributed by atoms with Gasteiger partial charge in [-0.3, -0.25) is 0 Å². The molecule has 8 aromatic rings. The first-order chi connectivity index (χ1) is 37.6. The molecule has 22 heteroatoms. The van der Waals surface area contributed by atoms with Gasteiger partial charge in [-0.15, -0.1) is 0 Å². The van der Waals surface area contributed by atoms with Crippen LogP contribution in [0.3, 0.4) is 0 Å². The zero-order chi connectivity index (χ0) is 57.4. The number of ether oxygens (including phenoxy) is 4. The van der Waals surface area contributed by atoms with E-state index in [4.69, 9.17) is 29.2 Å². The van der Waals surface area contributed by atoms with Crippen molar-refractivity contribution in [2.45, 2.75) is 0 Å². The van der Waals surface area contributed by atoms with Gasteiger partial charge in [-0.1, -0.05) is 194 Å². The molecule has 4 atom stereocenters. The summed E-state index contributed by atoms with van der Waals surface area (Å²) in [5, 5.41) is 27.3. The van der Waals surface area contributed by atoms with Crippen LogP contribution in [-0.2, 0) is 39.0 Å². The largest absolute Gasteiger partial charge is 2.00 e. The van der Waals surface area contributed by atoms with Crippen molar-refractivity contribution in [2.75, 3.05) is 67.3 Å². The summed E-state index contributed by atoms with van der Waals surface area (Å²) in [5.41, 5.74) is 0. The predicted octanol–water partition coefficient (Wildman–Crippen LogP) is 11.1. The van der Waals surface area contributed by atoms with E-state index in [9.17, 15) is 34.5 Å². The Balaban J connectivity index is 0.000000636. The molecule has 6 nitrogen and oxygen atoms in total. The fourth-order valence-corrected chi connectivity index (χ4v) is 19.0. The van der Waals surface area contributed by atoms with E-state index in [1.807, 2.05) is 24.3 Å². The van der Waals surface area contributed by atoms with Crippen LogP contribution in [-0.4, -0.2) is 81.8 Å². The minimum atomic E-state index is -6.00. The molecule has 0 saturated carbocycles. The second-order valence-corrected chi connectivity index (χ2v) is 24.8. The minimum Gasteiger partial charge on any atom is -0.857 e. The summed E-state index contributed by atoms with van der Waals surface area (Å²) in [6, 6.07) is 77.4. The van der Waals surface area contributed by atoms with E-state index in [1.165, 1.54) is 42.4 Å². The Labute approximate surface area is 496 Å². The quantitative estimate of drug-likeness (QED) is 0.0484. The number of hydrogen-bond donors (Lipinski definition) is 0. The van der Waals surface area contributed by atoms with Crippen molar-refractivity contribution in [3.05, 3.63) is 218 Å². The molecule has 0 bridgehead atoms. The van der Waals surface area contributed by atoms with Gasteiger partial charge in [0.15, 0.2) is 0 Å². The zero-order valence-corrected chi connectivity index (χ0v) is 51.6. The number of benzene rings is 8. The third-order valence-electron chi connectivity index (χ3n) is 10.9. The van der Waals surface area contributed by atoms with Crippen LogP contribution in [0.5, 0.6) is 23.0 Å². The molecule has 430 valence electrons. The van der Waals surface area contributed by atoms with Gasteiger partial charge < -0.3 is 63.7 Å². The molecule has 8 rings (SSSR count). The normalized spacial score (nSPS) is 11.8. The molecule has 8 aromatic carbocycles. The topological polar surface area (TPSA) is 83.0 Å². The van der Waals surface area contributed by atoms with Gasteiger partial charge in [0, 0.05) is 21.2 Å². The predicted molar refractivity (Wildman–Crippen MR) is 314 cm³/mol. The molecule has 0 N–H and O–H groups in total. The van der Waals surface area contributed by atoms with Gasteiger partial charge in [0.25, 0.3) is 0 Å². The van der Waals surface area contributed by atoms with Crippen LogP contribution in [0.15, 0.2) is 218 Å². The molecule has 0 spiro atoms. The van der Waals surface area contributed by atoms with Crippen LogP contribution >= 0.6 is 31.7 Å². The second-order valence-electron chi connectivity index (χ2n) is 15.6. The van der Waals surface area contributed by atoms with Crippen molar-refractivity contribution < 1.29 is 103 Å².